The molecule has 0 radical (unpaired) electrons. The molecule has 0 atom stereocenters. The Morgan fingerprint density at radius 2 is 2.14 bits per heavy atom. The number of nitrogens with two attached hydrogens (primary N) is 1. The predicted octanol–water partition coefficient (Wildman–Crippen LogP) is 1.00. The van der Waals surface area contributed by atoms with Gasteiger partial charge in [0.15, 0.2) is 0 Å². The van der Waals surface area contributed by atoms with E-state index in [1.807, 2.05) is 6.92 Å². The molecule has 0 bridgehead atoms. The highest BCUT2D eigenvalue weighted by Crippen LogP contribution is 2.12. The summed E-state index contributed by atoms with van der Waals surface area (Å²) >= 11 is 0. The molecule has 1 amide bonds. The SMILES string of the molecule is CCCC(C#N)=C(C)N(C)C(=O)CN. The van der Waals surface area contributed by atoms with Crippen LogP contribution in [0.2, 0.25) is 0 Å². The van der Waals surface area contributed by atoms with E-state index in [-0.39, 0.29) is 12.5 Å². The smallest absolute Gasteiger partial charge is 0.240 e. The third kappa shape index (κ3) is 3.19. The minimum absolute atomic E-state index is 0.0291. The topological polar surface area (TPSA) is 70.1 Å². The number of amides is 1. The lowest BCUT2D eigenvalue weighted by molar-refractivity contribution is -0.126. The van der Waals surface area contributed by atoms with Crippen LogP contribution in [0.3, 0.4) is 0 Å². The Morgan fingerprint density at radius 3 is 2.50 bits per heavy atom. The largest absolute Gasteiger partial charge is 0.322 e. The first-order valence-electron chi connectivity index (χ1n) is 4.64. The van der Waals surface area contributed by atoms with Crippen LogP contribution < -0.4 is 5.73 Å². The first-order valence-corrected chi connectivity index (χ1v) is 4.64. The van der Waals surface area contributed by atoms with E-state index in [1.54, 1.807) is 14.0 Å². The van der Waals surface area contributed by atoms with Crippen molar-refractivity contribution < 1.29 is 4.79 Å². The molecule has 0 aromatic carbocycles. The molecule has 0 heterocycles. The van der Waals surface area contributed by atoms with E-state index in [0.717, 1.165) is 6.42 Å². The van der Waals surface area contributed by atoms with Gasteiger partial charge in [0.05, 0.1) is 12.6 Å². The van der Waals surface area contributed by atoms with E-state index in [2.05, 4.69) is 6.07 Å². The highest BCUT2D eigenvalue weighted by atomic mass is 16.2. The quantitative estimate of drug-likeness (QED) is 0.680. The third-order valence-electron chi connectivity index (χ3n) is 2.12. The maximum absolute atomic E-state index is 11.2. The van der Waals surface area contributed by atoms with Crippen LogP contribution in [0.4, 0.5) is 0 Å². The summed E-state index contributed by atoms with van der Waals surface area (Å²) in [5.74, 6) is -0.175. The van der Waals surface area contributed by atoms with E-state index in [0.29, 0.717) is 17.7 Å². The van der Waals surface area contributed by atoms with Crippen LogP contribution in [0, 0.1) is 11.3 Å². The molecule has 0 fully saturated rings. The number of hydrogen-bond donors (Lipinski definition) is 1. The lowest BCUT2D eigenvalue weighted by Crippen LogP contribution is -2.31. The molecule has 0 aromatic rings. The lowest BCUT2D eigenvalue weighted by Gasteiger charge is -2.18. The van der Waals surface area contributed by atoms with E-state index in [1.165, 1.54) is 4.90 Å². The number of nitrogens with zero attached hydrogens (tertiary/aromatic N) is 2. The number of hydrogen-bond acceptors (Lipinski definition) is 3. The molecule has 2 N–H and O–H groups in total. The van der Waals surface area contributed by atoms with Crippen LogP contribution in [0.5, 0.6) is 0 Å². The van der Waals surface area contributed by atoms with Crippen LogP contribution >= 0.6 is 0 Å². The van der Waals surface area contributed by atoms with Crippen molar-refractivity contribution in [2.24, 2.45) is 5.73 Å². The second kappa shape index (κ2) is 6.17. The van der Waals surface area contributed by atoms with Crippen molar-refractivity contribution in [3.8, 4) is 6.07 Å². The van der Waals surface area contributed by atoms with Crippen LogP contribution in [-0.4, -0.2) is 24.4 Å². The number of carbonyl (C=O) groups excluding carboxylic acids is 1. The molecule has 0 saturated heterocycles. The van der Waals surface area contributed by atoms with Crippen LogP contribution in [0.1, 0.15) is 26.7 Å². The molecule has 4 nitrogen and oxygen atoms in total. The zero-order valence-corrected chi connectivity index (χ0v) is 9.00. The highest BCUT2D eigenvalue weighted by Gasteiger charge is 2.11. The summed E-state index contributed by atoms with van der Waals surface area (Å²) in [7, 11) is 1.64. The average molecular weight is 195 g/mol. The predicted molar refractivity (Wildman–Crippen MR) is 55.0 cm³/mol. The second-order valence-electron chi connectivity index (χ2n) is 3.08. The van der Waals surface area contributed by atoms with Gasteiger partial charge in [0.1, 0.15) is 0 Å². The highest BCUT2D eigenvalue weighted by molar-refractivity contribution is 5.79. The Morgan fingerprint density at radius 1 is 1.57 bits per heavy atom. The summed E-state index contributed by atoms with van der Waals surface area (Å²) < 4.78 is 0. The Bertz CT molecular complexity index is 276. The molecule has 0 unspecified atom stereocenters. The molecule has 4 heteroatoms. The summed E-state index contributed by atoms with van der Waals surface area (Å²) in [4.78, 5) is 12.7. The van der Waals surface area contributed by atoms with Gasteiger partial charge in [-0.25, -0.2) is 0 Å². The van der Waals surface area contributed by atoms with E-state index >= 15 is 0 Å². The monoisotopic (exact) mass is 195 g/mol. The molecule has 0 aliphatic heterocycles. The van der Waals surface area contributed by atoms with Gasteiger partial charge in [-0.15, -0.1) is 0 Å². The van der Waals surface area contributed by atoms with Gasteiger partial charge in [-0.1, -0.05) is 13.3 Å². The maximum Gasteiger partial charge on any atom is 0.240 e. The average Bonchev–Trinajstić information content (AvgIpc) is 2.22. The third-order valence-corrected chi connectivity index (χ3v) is 2.12. The van der Waals surface area contributed by atoms with Crippen molar-refractivity contribution in [2.75, 3.05) is 13.6 Å². The zero-order chi connectivity index (χ0) is 11.1. The minimum Gasteiger partial charge on any atom is -0.322 e. The van der Waals surface area contributed by atoms with Gasteiger partial charge in [0.2, 0.25) is 5.91 Å². The van der Waals surface area contributed by atoms with Crippen molar-refractivity contribution >= 4 is 5.91 Å². The molecule has 0 aliphatic rings. The van der Waals surface area contributed by atoms with Crippen molar-refractivity contribution in [1.82, 2.24) is 4.90 Å². The molecular weight excluding hydrogens is 178 g/mol. The molecule has 0 saturated carbocycles. The Hall–Kier alpha value is -1.34. The standard InChI is InChI=1S/C10H17N3O/c1-4-5-9(6-11)8(2)13(3)10(14)7-12/h4-5,7,12H2,1-3H3. The van der Waals surface area contributed by atoms with Crippen LogP contribution in [0.15, 0.2) is 11.3 Å². The summed E-state index contributed by atoms with van der Waals surface area (Å²) in [6.45, 7) is 3.73. The first kappa shape index (κ1) is 12.7. The molecule has 0 aliphatic carbocycles. The lowest BCUT2D eigenvalue weighted by atomic mass is 10.1. The fraction of sp³-hybridized carbons (Fsp3) is 0.600. The maximum atomic E-state index is 11.2. The molecule has 78 valence electrons. The molecule has 14 heavy (non-hydrogen) atoms. The van der Waals surface area contributed by atoms with Gasteiger partial charge in [0, 0.05) is 18.3 Å². The number of allylic oxidation sites excluding steroid dienone is 2. The fourth-order valence-electron chi connectivity index (χ4n) is 1.09. The Labute approximate surface area is 85.0 Å². The van der Waals surface area contributed by atoms with E-state index in [4.69, 9.17) is 11.0 Å². The van der Waals surface area contributed by atoms with Gasteiger partial charge < -0.3 is 10.6 Å². The van der Waals surface area contributed by atoms with Gasteiger partial charge >= 0.3 is 0 Å². The zero-order valence-electron chi connectivity index (χ0n) is 9.00. The fourth-order valence-corrected chi connectivity index (χ4v) is 1.09. The van der Waals surface area contributed by atoms with E-state index in [9.17, 15) is 4.79 Å². The summed E-state index contributed by atoms with van der Waals surface area (Å²) in [5, 5.41) is 8.85. The number of rotatable bonds is 4. The van der Waals surface area contributed by atoms with Crippen molar-refractivity contribution in [3.63, 3.8) is 0 Å². The summed E-state index contributed by atoms with van der Waals surface area (Å²) in [6, 6.07) is 2.11. The van der Waals surface area contributed by atoms with Crippen LogP contribution in [0.25, 0.3) is 0 Å². The van der Waals surface area contributed by atoms with Crippen molar-refractivity contribution in [1.29, 1.82) is 5.26 Å². The van der Waals surface area contributed by atoms with Gasteiger partial charge in [-0.2, -0.15) is 5.26 Å². The van der Waals surface area contributed by atoms with Gasteiger partial charge in [0.25, 0.3) is 0 Å². The molecule has 0 rings (SSSR count). The first-order chi connectivity index (χ1) is 6.58. The van der Waals surface area contributed by atoms with E-state index < -0.39 is 0 Å². The van der Waals surface area contributed by atoms with Crippen molar-refractivity contribution in [2.45, 2.75) is 26.7 Å². The Balaban J connectivity index is 4.78. The summed E-state index contributed by atoms with van der Waals surface area (Å²) in [6.07, 6.45) is 1.59. The number of carbonyl (C=O) groups is 1. The summed E-state index contributed by atoms with van der Waals surface area (Å²) in [5.41, 5.74) is 6.58. The Kier molecular flexibility index (Phi) is 5.58. The minimum atomic E-state index is -0.175. The van der Waals surface area contributed by atoms with Gasteiger partial charge in [-0.3, -0.25) is 4.79 Å². The van der Waals surface area contributed by atoms with Crippen molar-refractivity contribution in [3.05, 3.63) is 11.3 Å². The molecule has 0 aromatic heterocycles. The molecular formula is C10H17N3O. The van der Waals surface area contributed by atoms with Gasteiger partial charge in [-0.05, 0) is 13.3 Å². The molecule has 0 spiro atoms. The second-order valence-corrected chi connectivity index (χ2v) is 3.08. The normalized spacial score (nSPS) is 11.6. The number of likely N-dealkylation sites (N-methyl/N-ethyl adjacent to an activating group) is 1. The number of nitriles is 1. The van der Waals surface area contributed by atoms with Crippen LogP contribution in [-0.2, 0) is 4.79 Å².